The largest absolute Gasteiger partial charge is 0.497 e. The average Bonchev–Trinajstić information content (AvgIpc) is 2.87. The van der Waals surface area contributed by atoms with Crippen LogP contribution in [0.3, 0.4) is 0 Å². The Hall–Kier alpha value is -3.36. The topological polar surface area (TPSA) is 80.7 Å². The van der Waals surface area contributed by atoms with Gasteiger partial charge in [0.05, 0.1) is 31.3 Å². The number of hydrogen-bond donors (Lipinski definition) is 2. The van der Waals surface area contributed by atoms with Gasteiger partial charge in [0.15, 0.2) is 0 Å². The number of carbonyl (C=O) groups is 1. The molecule has 1 aromatic heterocycles. The number of methoxy groups -OCH3 is 1. The van der Waals surface area contributed by atoms with Crippen molar-refractivity contribution >= 4 is 22.9 Å². The van der Waals surface area contributed by atoms with E-state index in [0.29, 0.717) is 6.54 Å². The van der Waals surface area contributed by atoms with Gasteiger partial charge < -0.3 is 19.9 Å². The van der Waals surface area contributed by atoms with Crippen molar-refractivity contribution in [1.82, 2.24) is 10.3 Å². The van der Waals surface area contributed by atoms with Crippen molar-refractivity contribution in [3.63, 3.8) is 0 Å². The Kier molecular flexibility index (Phi) is 8.61. The fourth-order valence-electron chi connectivity index (χ4n) is 4.66. The molecule has 2 N–H and O–H groups in total. The molecule has 190 valence electrons. The minimum atomic E-state index is -0.919. The molecule has 0 unspecified atom stereocenters. The van der Waals surface area contributed by atoms with Gasteiger partial charge in [0.1, 0.15) is 17.4 Å². The van der Waals surface area contributed by atoms with Crippen LogP contribution in [0.5, 0.6) is 5.75 Å². The lowest BCUT2D eigenvalue weighted by Gasteiger charge is -2.36. The molecule has 3 aromatic rings. The molecule has 0 aliphatic carbocycles. The summed E-state index contributed by atoms with van der Waals surface area (Å²) in [5.41, 5.74) is 2.21. The van der Waals surface area contributed by atoms with Crippen LogP contribution in [0.15, 0.2) is 54.7 Å². The smallest absolute Gasteiger partial charge is 0.306 e. The van der Waals surface area contributed by atoms with Crippen LogP contribution in [0.25, 0.3) is 17.0 Å². The number of nitrogens with one attached hydrogen (secondary N) is 1. The van der Waals surface area contributed by atoms with Gasteiger partial charge in [-0.1, -0.05) is 12.2 Å². The maximum absolute atomic E-state index is 13.8. The third-order valence-corrected chi connectivity index (χ3v) is 6.52. The number of carboxylic acid groups (broad SMARTS) is 1. The summed E-state index contributed by atoms with van der Waals surface area (Å²) < 4.78 is 38.7. The van der Waals surface area contributed by atoms with E-state index in [1.165, 1.54) is 6.08 Å². The second-order valence-corrected chi connectivity index (χ2v) is 8.95. The first-order valence-electron chi connectivity index (χ1n) is 12.1. The SMILES string of the molecule is COc1ccc2nccc(CC[C@@H]3CC[C@@H](NCC=Cc4cc(F)ccc4F)[C@@H](CC(=O)O)O3)c2c1. The molecule has 0 bridgehead atoms. The van der Waals surface area contributed by atoms with Crippen molar-refractivity contribution in [2.24, 2.45) is 0 Å². The zero-order chi connectivity index (χ0) is 25.5. The van der Waals surface area contributed by atoms with Gasteiger partial charge in [-0.15, -0.1) is 0 Å². The number of carboxylic acids is 1. The molecule has 1 aliphatic rings. The quantitative estimate of drug-likeness (QED) is 0.404. The molecule has 2 heterocycles. The fourth-order valence-corrected chi connectivity index (χ4v) is 4.66. The lowest BCUT2D eigenvalue weighted by Crippen LogP contribution is -2.48. The molecular formula is C28H30F2N2O4. The summed E-state index contributed by atoms with van der Waals surface area (Å²) in [4.78, 5) is 15.9. The van der Waals surface area contributed by atoms with Crippen LogP contribution in [0, 0.1) is 11.6 Å². The minimum Gasteiger partial charge on any atom is -0.497 e. The Balaban J connectivity index is 1.35. The standard InChI is InChI=1S/C28H30F2N2O4/c1-35-22-8-10-25-23(16-22)18(12-14-32-25)4-6-21-7-11-26(27(36-21)17-28(33)34)31-13-2-3-19-15-20(29)5-9-24(19)30/h2-3,5,8-10,12,14-16,21,26-27,31H,4,6-7,11,13,17H2,1H3,(H,33,34)/t21-,26-,27-/m1/s1. The molecule has 0 radical (unpaired) electrons. The van der Waals surface area contributed by atoms with Crippen molar-refractivity contribution in [1.29, 1.82) is 0 Å². The predicted molar refractivity (Wildman–Crippen MR) is 134 cm³/mol. The highest BCUT2D eigenvalue weighted by Gasteiger charge is 2.32. The van der Waals surface area contributed by atoms with Crippen molar-refractivity contribution in [3.8, 4) is 5.75 Å². The number of fused-ring (bicyclic) bond motifs is 1. The lowest BCUT2D eigenvalue weighted by atomic mass is 9.93. The van der Waals surface area contributed by atoms with Gasteiger partial charge in [0.25, 0.3) is 0 Å². The van der Waals surface area contributed by atoms with E-state index in [9.17, 15) is 18.7 Å². The summed E-state index contributed by atoms with van der Waals surface area (Å²) in [6.07, 6.45) is 7.46. The number of halogens is 2. The van der Waals surface area contributed by atoms with E-state index in [1.54, 1.807) is 19.4 Å². The molecule has 0 saturated carbocycles. The fraction of sp³-hybridized carbons (Fsp3) is 0.357. The summed E-state index contributed by atoms with van der Waals surface area (Å²) in [6, 6.07) is 11.0. The third kappa shape index (κ3) is 6.65. The van der Waals surface area contributed by atoms with E-state index in [0.717, 1.165) is 66.1 Å². The number of rotatable bonds is 10. The van der Waals surface area contributed by atoms with Crippen LogP contribution in [-0.2, 0) is 16.0 Å². The van der Waals surface area contributed by atoms with Crippen LogP contribution in [-0.4, -0.2) is 48.0 Å². The Morgan fingerprint density at radius 2 is 2.08 bits per heavy atom. The van der Waals surface area contributed by atoms with E-state index in [1.807, 2.05) is 24.3 Å². The van der Waals surface area contributed by atoms with Crippen molar-refractivity contribution in [3.05, 3.63) is 77.5 Å². The third-order valence-electron chi connectivity index (χ3n) is 6.52. The molecule has 36 heavy (non-hydrogen) atoms. The number of ether oxygens (including phenoxy) is 2. The van der Waals surface area contributed by atoms with Gasteiger partial charge in [-0.2, -0.15) is 0 Å². The van der Waals surface area contributed by atoms with E-state index < -0.39 is 23.7 Å². The van der Waals surface area contributed by atoms with Crippen molar-refractivity contribution in [2.45, 2.75) is 50.4 Å². The summed E-state index contributed by atoms with van der Waals surface area (Å²) >= 11 is 0. The Morgan fingerprint density at radius 3 is 2.89 bits per heavy atom. The highest BCUT2D eigenvalue weighted by molar-refractivity contribution is 5.83. The van der Waals surface area contributed by atoms with E-state index in [4.69, 9.17) is 9.47 Å². The van der Waals surface area contributed by atoms with Gasteiger partial charge in [-0.3, -0.25) is 9.78 Å². The summed E-state index contributed by atoms with van der Waals surface area (Å²) in [7, 11) is 1.63. The zero-order valence-corrected chi connectivity index (χ0v) is 20.1. The van der Waals surface area contributed by atoms with Crippen LogP contribution in [0.4, 0.5) is 8.78 Å². The van der Waals surface area contributed by atoms with Crippen molar-refractivity contribution < 1.29 is 28.2 Å². The predicted octanol–water partition coefficient (Wildman–Crippen LogP) is 5.15. The van der Waals surface area contributed by atoms with Crippen LogP contribution >= 0.6 is 0 Å². The molecule has 3 atom stereocenters. The highest BCUT2D eigenvalue weighted by atomic mass is 19.1. The molecule has 2 aromatic carbocycles. The Labute approximate surface area is 209 Å². The van der Waals surface area contributed by atoms with Crippen LogP contribution in [0.2, 0.25) is 0 Å². The number of hydrogen-bond acceptors (Lipinski definition) is 5. The average molecular weight is 497 g/mol. The maximum atomic E-state index is 13.8. The van der Waals surface area contributed by atoms with E-state index in [2.05, 4.69) is 10.3 Å². The number of aromatic nitrogens is 1. The van der Waals surface area contributed by atoms with Gasteiger partial charge >= 0.3 is 5.97 Å². The van der Waals surface area contributed by atoms with E-state index in [-0.39, 0.29) is 24.1 Å². The van der Waals surface area contributed by atoms with Crippen molar-refractivity contribution in [2.75, 3.05) is 13.7 Å². The number of pyridine rings is 1. The molecule has 1 aliphatic heterocycles. The highest BCUT2D eigenvalue weighted by Crippen LogP contribution is 2.28. The molecule has 4 rings (SSSR count). The molecule has 0 spiro atoms. The first-order valence-corrected chi connectivity index (χ1v) is 12.1. The van der Waals surface area contributed by atoms with E-state index >= 15 is 0 Å². The van der Waals surface area contributed by atoms with Gasteiger partial charge in [0.2, 0.25) is 0 Å². The first-order chi connectivity index (χ1) is 17.4. The van der Waals surface area contributed by atoms with Gasteiger partial charge in [0, 0.05) is 29.7 Å². The molecule has 1 saturated heterocycles. The number of nitrogens with zero attached hydrogens (tertiary/aromatic N) is 1. The summed E-state index contributed by atoms with van der Waals surface area (Å²) in [5.74, 6) is -1.15. The summed E-state index contributed by atoms with van der Waals surface area (Å²) in [5, 5.41) is 13.7. The lowest BCUT2D eigenvalue weighted by molar-refractivity contribution is -0.145. The second kappa shape index (κ2) is 12.1. The molecular weight excluding hydrogens is 466 g/mol. The molecule has 0 amide bonds. The Bertz CT molecular complexity index is 1230. The van der Waals surface area contributed by atoms with Gasteiger partial charge in [-0.25, -0.2) is 8.78 Å². The molecule has 6 nitrogen and oxygen atoms in total. The van der Waals surface area contributed by atoms with Crippen LogP contribution in [0.1, 0.15) is 36.8 Å². The minimum absolute atomic E-state index is 0.0573. The van der Waals surface area contributed by atoms with Crippen LogP contribution < -0.4 is 10.1 Å². The maximum Gasteiger partial charge on any atom is 0.306 e. The molecule has 8 heteroatoms. The number of aryl methyl sites for hydroxylation is 1. The monoisotopic (exact) mass is 496 g/mol. The Morgan fingerprint density at radius 1 is 1.22 bits per heavy atom. The number of aliphatic carboxylic acids is 1. The zero-order valence-electron chi connectivity index (χ0n) is 20.1. The normalized spacial score (nSPS) is 20.1. The summed E-state index contributed by atoms with van der Waals surface area (Å²) in [6.45, 7) is 0.385. The molecule has 1 fully saturated rings. The second-order valence-electron chi connectivity index (χ2n) is 8.95. The number of benzene rings is 2. The van der Waals surface area contributed by atoms with Gasteiger partial charge in [-0.05, 0) is 73.7 Å². The first kappa shape index (κ1) is 25.7.